The van der Waals surface area contributed by atoms with Crippen molar-refractivity contribution in [2.24, 2.45) is 5.92 Å². The number of halogens is 2. The average Bonchev–Trinajstić information content (AvgIpc) is 3.13. The molecule has 30 heavy (non-hydrogen) atoms. The molecular formula is C21H23F2N5OS. The molecule has 3 aromatic heterocycles. The van der Waals surface area contributed by atoms with Gasteiger partial charge in [-0.2, -0.15) is 0 Å². The molecular weight excluding hydrogens is 408 g/mol. The highest BCUT2D eigenvalue weighted by Gasteiger charge is 2.30. The highest BCUT2D eigenvalue weighted by atomic mass is 32.1. The lowest BCUT2D eigenvalue weighted by Crippen LogP contribution is -2.42. The standard InChI is InChI=1S/C21H23F2N5OS/c1-13-26-27-20(30-13)18-8-15-7-17(24-10-16(15)11-25-18)9-19(29)14-3-5-28(6-4-14)12-21(2,22)23/h7-8,10-11,14H,3-6,9,12H2,1-2H3. The molecule has 9 heteroatoms. The van der Waals surface area contributed by atoms with E-state index in [0.29, 0.717) is 31.6 Å². The van der Waals surface area contributed by atoms with Gasteiger partial charge in [0.15, 0.2) is 5.01 Å². The molecule has 6 nitrogen and oxygen atoms in total. The zero-order valence-electron chi connectivity index (χ0n) is 16.9. The number of carbonyl (C=O) groups is 1. The van der Waals surface area contributed by atoms with Crippen LogP contribution in [0.3, 0.4) is 0 Å². The molecule has 0 atom stereocenters. The minimum Gasteiger partial charge on any atom is -0.299 e. The number of Topliss-reactive ketones (excluding diaryl/α,β-unsaturated/α-hetero) is 1. The Balaban J connectivity index is 1.43. The Morgan fingerprint density at radius 1 is 1.17 bits per heavy atom. The summed E-state index contributed by atoms with van der Waals surface area (Å²) in [5.74, 6) is -2.67. The number of aryl methyl sites for hydroxylation is 1. The molecule has 1 fully saturated rings. The highest BCUT2D eigenvalue weighted by Crippen LogP contribution is 2.26. The smallest absolute Gasteiger partial charge is 0.257 e. The molecule has 0 radical (unpaired) electrons. The second kappa shape index (κ2) is 8.39. The van der Waals surface area contributed by atoms with Crippen LogP contribution in [0, 0.1) is 12.8 Å². The van der Waals surface area contributed by atoms with Gasteiger partial charge in [0.2, 0.25) is 0 Å². The van der Waals surface area contributed by atoms with Crippen LogP contribution < -0.4 is 0 Å². The monoisotopic (exact) mass is 431 g/mol. The number of alkyl halides is 2. The van der Waals surface area contributed by atoms with Crippen LogP contribution >= 0.6 is 11.3 Å². The number of hydrogen-bond donors (Lipinski definition) is 0. The Hall–Kier alpha value is -2.39. The lowest BCUT2D eigenvalue weighted by molar-refractivity contribution is -0.124. The number of likely N-dealkylation sites (tertiary alicyclic amines) is 1. The largest absolute Gasteiger partial charge is 0.299 e. The second-order valence-corrected chi connectivity index (χ2v) is 9.16. The number of rotatable bonds is 6. The molecule has 0 unspecified atom stereocenters. The maximum absolute atomic E-state index is 13.2. The van der Waals surface area contributed by atoms with Gasteiger partial charge in [-0.25, -0.2) is 8.78 Å². The van der Waals surface area contributed by atoms with E-state index in [4.69, 9.17) is 0 Å². The van der Waals surface area contributed by atoms with Gasteiger partial charge in [0.05, 0.1) is 6.54 Å². The zero-order valence-corrected chi connectivity index (χ0v) is 17.8. The molecule has 0 aromatic carbocycles. The van der Waals surface area contributed by atoms with Crippen molar-refractivity contribution in [3.8, 4) is 10.7 Å². The maximum atomic E-state index is 13.2. The third-order valence-electron chi connectivity index (χ3n) is 5.30. The van der Waals surface area contributed by atoms with Gasteiger partial charge in [-0.1, -0.05) is 11.3 Å². The number of fused-ring (bicyclic) bond motifs is 1. The van der Waals surface area contributed by atoms with Gasteiger partial charge in [0.25, 0.3) is 5.92 Å². The number of hydrogen-bond acceptors (Lipinski definition) is 7. The van der Waals surface area contributed by atoms with Crippen molar-refractivity contribution in [3.63, 3.8) is 0 Å². The predicted octanol–water partition coefficient (Wildman–Crippen LogP) is 3.94. The molecule has 0 N–H and O–H groups in total. The number of ketones is 1. The molecule has 4 rings (SSSR count). The summed E-state index contributed by atoms with van der Waals surface area (Å²) in [6.07, 6.45) is 4.96. The van der Waals surface area contributed by atoms with Crippen molar-refractivity contribution in [1.29, 1.82) is 0 Å². The third-order valence-corrected chi connectivity index (χ3v) is 6.17. The Bertz CT molecular complexity index is 1060. The van der Waals surface area contributed by atoms with Gasteiger partial charge >= 0.3 is 0 Å². The van der Waals surface area contributed by atoms with Crippen molar-refractivity contribution < 1.29 is 13.6 Å². The van der Waals surface area contributed by atoms with Gasteiger partial charge in [0, 0.05) is 42.7 Å². The van der Waals surface area contributed by atoms with Crippen LogP contribution in [0.25, 0.3) is 21.5 Å². The molecule has 158 valence electrons. The summed E-state index contributed by atoms with van der Waals surface area (Å²) < 4.78 is 26.4. The van der Waals surface area contributed by atoms with E-state index >= 15 is 0 Å². The quantitative estimate of drug-likeness (QED) is 0.589. The van der Waals surface area contributed by atoms with Crippen molar-refractivity contribution in [2.45, 2.75) is 39.0 Å². The van der Waals surface area contributed by atoms with Gasteiger partial charge in [0.1, 0.15) is 16.5 Å². The molecule has 0 aliphatic carbocycles. The number of carbonyl (C=O) groups excluding carboxylic acids is 1. The van der Waals surface area contributed by atoms with E-state index < -0.39 is 5.92 Å². The highest BCUT2D eigenvalue weighted by molar-refractivity contribution is 7.14. The van der Waals surface area contributed by atoms with Crippen molar-refractivity contribution in [1.82, 2.24) is 25.1 Å². The van der Waals surface area contributed by atoms with E-state index in [2.05, 4.69) is 20.2 Å². The van der Waals surface area contributed by atoms with E-state index in [0.717, 1.165) is 33.4 Å². The Labute approximate surface area is 177 Å². The van der Waals surface area contributed by atoms with Crippen LogP contribution in [0.2, 0.25) is 0 Å². The van der Waals surface area contributed by atoms with Gasteiger partial charge in [-0.05, 0) is 50.4 Å². The van der Waals surface area contributed by atoms with Crippen LogP contribution in [0.4, 0.5) is 8.78 Å². The Kier molecular flexibility index (Phi) is 5.84. The first-order valence-electron chi connectivity index (χ1n) is 9.95. The lowest BCUT2D eigenvalue weighted by atomic mass is 9.90. The summed E-state index contributed by atoms with van der Waals surface area (Å²) in [4.78, 5) is 23.3. The zero-order chi connectivity index (χ0) is 21.3. The number of nitrogens with zero attached hydrogens (tertiary/aromatic N) is 5. The summed E-state index contributed by atoms with van der Waals surface area (Å²) in [5.41, 5.74) is 1.46. The molecule has 0 spiro atoms. The summed E-state index contributed by atoms with van der Waals surface area (Å²) in [5, 5.41) is 11.6. The van der Waals surface area contributed by atoms with Crippen LogP contribution in [0.1, 0.15) is 30.5 Å². The number of aromatic nitrogens is 4. The van der Waals surface area contributed by atoms with Gasteiger partial charge in [-0.15, -0.1) is 10.2 Å². The molecule has 1 saturated heterocycles. The Morgan fingerprint density at radius 2 is 1.90 bits per heavy atom. The van der Waals surface area contributed by atoms with E-state index in [1.807, 2.05) is 19.1 Å². The lowest BCUT2D eigenvalue weighted by Gasteiger charge is -2.32. The van der Waals surface area contributed by atoms with Crippen LogP contribution in [0.15, 0.2) is 24.5 Å². The van der Waals surface area contributed by atoms with Crippen molar-refractivity contribution in [2.75, 3.05) is 19.6 Å². The third kappa shape index (κ3) is 5.02. The van der Waals surface area contributed by atoms with E-state index in [1.54, 1.807) is 17.3 Å². The van der Waals surface area contributed by atoms with Crippen LogP contribution in [0.5, 0.6) is 0 Å². The molecule has 1 aliphatic heterocycles. The average molecular weight is 432 g/mol. The minimum atomic E-state index is -2.70. The maximum Gasteiger partial charge on any atom is 0.257 e. The Morgan fingerprint density at radius 3 is 2.57 bits per heavy atom. The van der Waals surface area contributed by atoms with Gasteiger partial charge in [-0.3, -0.25) is 19.7 Å². The summed E-state index contributed by atoms with van der Waals surface area (Å²) in [6, 6.07) is 3.85. The predicted molar refractivity (Wildman–Crippen MR) is 112 cm³/mol. The fourth-order valence-corrected chi connectivity index (χ4v) is 4.49. The molecule has 0 saturated carbocycles. The van der Waals surface area contributed by atoms with Crippen LogP contribution in [-0.4, -0.2) is 56.4 Å². The number of piperidine rings is 1. The van der Waals surface area contributed by atoms with E-state index in [1.165, 1.54) is 11.3 Å². The molecule has 1 aliphatic rings. The fourth-order valence-electron chi connectivity index (χ4n) is 3.83. The first-order chi connectivity index (χ1) is 14.3. The fraction of sp³-hybridized carbons (Fsp3) is 0.476. The summed E-state index contributed by atoms with van der Waals surface area (Å²) in [7, 11) is 0. The molecule has 4 heterocycles. The normalized spacial score (nSPS) is 16.3. The molecule has 0 amide bonds. The van der Waals surface area contributed by atoms with E-state index in [9.17, 15) is 13.6 Å². The van der Waals surface area contributed by atoms with Crippen molar-refractivity contribution >= 4 is 27.9 Å². The van der Waals surface area contributed by atoms with Gasteiger partial charge < -0.3 is 0 Å². The molecule has 0 bridgehead atoms. The first kappa shape index (κ1) is 20.9. The SMILES string of the molecule is Cc1nnc(-c2cc3cc(CC(=O)C4CCN(CC(C)(F)F)CC4)ncc3cn2)s1. The molecule has 3 aromatic rings. The number of pyridine rings is 2. The van der Waals surface area contributed by atoms with E-state index in [-0.39, 0.29) is 24.7 Å². The van der Waals surface area contributed by atoms with Crippen LogP contribution in [-0.2, 0) is 11.2 Å². The second-order valence-electron chi connectivity index (χ2n) is 7.98. The van der Waals surface area contributed by atoms with Crippen molar-refractivity contribution in [3.05, 3.63) is 35.2 Å². The topological polar surface area (TPSA) is 71.9 Å². The first-order valence-corrected chi connectivity index (χ1v) is 10.8. The minimum absolute atomic E-state index is 0.0957. The summed E-state index contributed by atoms with van der Waals surface area (Å²) in [6.45, 7) is 3.64. The summed E-state index contributed by atoms with van der Waals surface area (Å²) >= 11 is 1.48.